The summed E-state index contributed by atoms with van der Waals surface area (Å²) in [6.07, 6.45) is 3.48. The molecule has 100 valence electrons. The van der Waals surface area contributed by atoms with Gasteiger partial charge in [-0.05, 0) is 30.4 Å². The Morgan fingerprint density at radius 2 is 2.00 bits per heavy atom. The van der Waals surface area contributed by atoms with Crippen molar-refractivity contribution in [2.75, 3.05) is 11.0 Å². The van der Waals surface area contributed by atoms with Gasteiger partial charge >= 0.3 is 0 Å². The summed E-state index contributed by atoms with van der Waals surface area (Å²) in [6.45, 7) is 4.14. The van der Waals surface area contributed by atoms with Gasteiger partial charge in [0.1, 0.15) is 5.75 Å². The minimum absolute atomic E-state index is 0.241. The van der Waals surface area contributed by atoms with Crippen LogP contribution >= 0.6 is 0 Å². The molecular formula is C13H19NO3S. The van der Waals surface area contributed by atoms with Gasteiger partial charge in [0.25, 0.3) is 0 Å². The third-order valence-corrected chi connectivity index (χ3v) is 3.36. The highest BCUT2D eigenvalue weighted by molar-refractivity contribution is 7.92. The molecule has 0 saturated heterocycles. The maximum Gasteiger partial charge on any atom is 0.229 e. The molecule has 1 aromatic carbocycles. The summed E-state index contributed by atoms with van der Waals surface area (Å²) in [6, 6.07) is 5.57. The first-order valence-corrected chi connectivity index (χ1v) is 8.03. The summed E-state index contributed by atoms with van der Waals surface area (Å²) in [7, 11) is -3.29. The van der Waals surface area contributed by atoms with Gasteiger partial charge in [-0.15, -0.1) is 0 Å². The molecule has 1 saturated carbocycles. The average Bonchev–Trinajstić information content (AvgIpc) is 3.01. The number of hydrogen-bond donors (Lipinski definition) is 1. The lowest BCUT2D eigenvalue weighted by Crippen LogP contribution is -2.12. The number of ether oxygens (including phenoxy) is 1. The molecule has 0 radical (unpaired) electrons. The van der Waals surface area contributed by atoms with Crippen molar-refractivity contribution < 1.29 is 13.2 Å². The molecule has 0 aliphatic heterocycles. The molecule has 1 fully saturated rings. The van der Waals surface area contributed by atoms with Gasteiger partial charge < -0.3 is 4.74 Å². The summed E-state index contributed by atoms with van der Waals surface area (Å²) in [5, 5.41) is 0. The Morgan fingerprint density at radius 1 is 1.33 bits per heavy atom. The lowest BCUT2D eigenvalue weighted by atomic mass is 10.0. The maximum absolute atomic E-state index is 11.4. The van der Waals surface area contributed by atoms with Crippen LogP contribution in [0.1, 0.15) is 38.2 Å². The molecule has 0 atom stereocenters. The highest BCUT2D eigenvalue weighted by atomic mass is 32.2. The fraction of sp³-hybridized carbons (Fsp3) is 0.538. The third-order valence-electron chi connectivity index (χ3n) is 2.77. The van der Waals surface area contributed by atoms with Gasteiger partial charge in [-0.3, -0.25) is 4.72 Å². The predicted molar refractivity (Wildman–Crippen MR) is 72.6 cm³/mol. The van der Waals surface area contributed by atoms with Gasteiger partial charge in [0.15, 0.2) is 0 Å². The molecule has 0 spiro atoms. The van der Waals surface area contributed by atoms with E-state index in [1.807, 2.05) is 12.1 Å². The molecule has 4 nitrogen and oxygen atoms in total. The van der Waals surface area contributed by atoms with E-state index < -0.39 is 10.0 Å². The largest absolute Gasteiger partial charge is 0.488 e. The molecule has 0 unspecified atom stereocenters. The monoisotopic (exact) mass is 269 g/mol. The van der Waals surface area contributed by atoms with Crippen LogP contribution in [0.25, 0.3) is 0 Å². The summed E-state index contributed by atoms with van der Waals surface area (Å²) < 4.78 is 31.1. The Hall–Kier alpha value is -1.23. The number of benzene rings is 1. The molecular weight excluding hydrogens is 250 g/mol. The zero-order chi connectivity index (χ0) is 13.3. The Bertz CT molecular complexity index is 533. The number of anilines is 1. The van der Waals surface area contributed by atoms with Crippen molar-refractivity contribution in [2.45, 2.75) is 38.7 Å². The summed E-state index contributed by atoms with van der Waals surface area (Å²) in [5.74, 6) is 0.973. The summed E-state index contributed by atoms with van der Waals surface area (Å²) in [4.78, 5) is 0. The van der Waals surface area contributed by atoms with Crippen molar-refractivity contribution in [2.24, 2.45) is 0 Å². The lowest BCUT2D eigenvalue weighted by molar-refractivity contribution is 0.300. The van der Waals surface area contributed by atoms with Gasteiger partial charge in [-0.1, -0.05) is 26.0 Å². The van der Waals surface area contributed by atoms with Crippen LogP contribution in [0.5, 0.6) is 5.75 Å². The van der Waals surface area contributed by atoms with Gasteiger partial charge in [0.2, 0.25) is 10.0 Å². The quantitative estimate of drug-likeness (QED) is 0.894. The molecule has 1 aromatic rings. The standard InChI is InChI=1S/C13H19NO3S/c1-9(2)11-5-4-6-12(14-18(3,15)16)13(11)17-10-7-8-10/h4-6,9-10,14H,7-8H2,1-3H3. The van der Waals surface area contributed by atoms with Crippen molar-refractivity contribution in [3.8, 4) is 5.75 Å². The zero-order valence-corrected chi connectivity index (χ0v) is 11.8. The Balaban J connectivity index is 2.39. The van der Waals surface area contributed by atoms with Crippen molar-refractivity contribution in [1.29, 1.82) is 0 Å². The van der Waals surface area contributed by atoms with Crippen LogP contribution < -0.4 is 9.46 Å². The molecule has 2 rings (SSSR count). The molecule has 1 aliphatic carbocycles. The number of rotatable bonds is 5. The first-order valence-electron chi connectivity index (χ1n) is 6.14. The second-order valence-corrected chi connectivity index (χ2v) is 6.82. The van der Waals surface area contributed by atoms with Crippen LogP contribution in [0, 0.1) is 0 Å². The molecule has 0 amide bonds. The van der Waals surface area contributed by atoms with Crippen molar-refractivity contribution in [3.05, 3.63) is 23.8 Å². The second kappa shape index (κ2) is 4.80. The van der Waals surface area contributed by atoms with Crippen molar-refractivity contribution in [1.82, 2.24) is 0 Å². The highest BCUT2D eigenvalue weighted by Crippen LogP contribution is 2.38. The van der Waals surface area contributed by atoms with Crippen LogP contribution in [0.2, 0.25) is 0 Å². The van der Waals surface area contributed by atoms with E-state index >= 15 is 0 Å². The third kappa shape index (κ3) is 3.38. The van der Waals surface area contributed by atoms with Crippen LogP contribution in [-0.2, 0) is 10.0 Å². The number of para-hydroxylation sites is 1. The van der Waals surface area contributed by atoms with Crippen LogP contribution in [0.4, 0.5) is 5.69 Å². The topological polar surface area (TPSA) is 55.4 Å². The predicted octanol–water partition coefficient (Wildman–Crippen LogP) is 2.72. The molecule has 1 N–H and O–H groups in total. The van der Waals surface area contributed by atoms with Crippen LogP contribution in [0.15, 0.2) is 18.2 Å². The molecule has 5 heteroatoms. The van der Waals surface area contributed by atoms with E-state index in [1.54, 1.807) is 6.07 Å². The molecule has 1 aliphatic rings. The van der Waals surface area contributed by atoms with Crippen molar-refractivity contribution >= 4 is 15.7 Å². The SMILES string of the molecule is CC(C)c1cccc(NS(C)(=O)=O)c1OC1CC1. The normalized spacial score (nSPS) is 15.8. The maximum atomic E-state index is 11.4. The van der Waals surface area contributed by atoms with E-state index in [-0.39, 0.29) is 6.10 Å². The Labute approximate surface area is 108 Å². The fourth-order valence-electron chi connectivity index (χ4n) is 1.77. The van der Waals surface area contributed by atoms with E-state index in [1.165, 1.54) is 0 Å². The van der Waals surface area contributed by atoms with Gasteiger partial charge in [-0.2, -0.15) is 0 Å². The Kier molecular flexibility index (Phi) is 3.52. The highest BCUT2D eigenvalue weighted by Gasteiger charge is 2.26. The fourth-order valence-corrected chi connectivity index (χ4v) is 2.33. The van der Waals surface area contributed by atoms with E-state index in [9.17, 15) is 8.42 Å². The molecule has 0 bridgehead atoms. The first kappa shape index (κ1) is 13.2. The molecule has 0 heterocycles. The minimum atomic E-state index is -3.29. The lowest BCUT2D eigenvalue weighted by Gasteiger charge is -2.18. The zero-order valence-electron chi connectivity index (χ0n) is 10.9. The van der Waals surface area contributed by atoms with E-state index in [4.69, 9.17) is 4.74 Å². The van der Waals surface area contributed by atoms with Crippen LogP contribution in [-0.4, -0.2) is 20.8 Å². The minimum Gasteiger partial charge on any atom is -0.488 e. The summed E-state index contributed by atoms with van der Waals surface area (Å²) >= 11 is 0. The smallest absolute Gasteiger partial charge is 0.229 e. The summed E-state index contributed by atoms with van der Waals surface area (Å²) in [5.41, 5.74) is 1.58. The van der Waals surface area contributed by atoms with Crippen molar-refractivity contribution in [3.63, 3.8) is 0 Å². The first-order chi connectivity index (χ1) is 8.37. The van der Waals surface area contributed by atoms with Crippen LogP contribution in [0.3, 0.4) is 0 Å². The number of nitrogens with one attached hydrogen (secondary N) is 1. The molecule has 0 aromatic heterocycles. The number of sulfonamides is 1. The Morgan fingerprint density at radius 3 is 2.50 bits per heavy atom. The van der Waals surface area contributed by atoms with E-state index in [0.29, 0.717) is 17.4 Å². The van der Waals surface area contributed by atoms with Gasteiger partial charge in [-0.25, -0.2) is 8.42 Å². The van der Waals surface area contributed by atoms with Gasteiger partial charge in [0, 0.05) is 0 Å². The van der Waals surface area contributed by atoms with E-state index in [2.05, 4.69) is 18.6 Å². The number of hydrogen-bond acceptors (Lipinski definition) is 3. The second-order valence-electron chi connectivity index (χ2n) is 5.07. The van der Waals surface area contributed by atoms with E-state index in [0.717, 1.165) is 24.7 Å². The molecule has 18 heavy (non-hydrogen) atoms. The average molecular weight is 269 g/mol. The van der Waals surface area contributed by atoms with Gasteiger partial charge in [0.05, 0.1) is 18.0 Å².